The highest BCUT2D eigenvalue weighted by atomic mass is 79.9. The second-order valence-corrected chi connectivity index (χ2v) is 5.22. The van der Waals surface area contributed by atoms with Crippen LogP contribution in [0, 0.1) is 0 Å². The number of aliphatic hydroxyl groups is 1. The van der Waals surface area contributed by atoms with E-state index in [0.717, 1.165) is 26.6 Å². The zero-order valence-electron chi connectivity index (χ0n) is 8.78. The van der Waals surface area contributed by atoms with Gasteiger partial charge in [-0.1, -0.05) is 15.9 Å². The number of benzene rings is 1. The second kappa shape index (κ2) is 3.82. The van der Waals surface area contributed by atoms with Crippen molar-refractivity contribution in [1.29, 1.82) is 0 Å². The molecule has 1 heterocycles. The molecule has 0 unspecified atom stereocenters. The Morgan fingerprint density at radius 2 is 2.12 bits per heavy atom. The van der Waals surface area contributed by atoms with Crippen molar-refractivity contribution >= 4 is 26.8 Å². The van der Waals surface area contributed by atoms with Crippen LogP contribution in [0.2, 0.25) is 0 Å². The number of hydrogen-bond donors (Lipinski definition) is 1. The normalized spacial score (nSPS) is 15.6. The Hall–Kier alpha value is -0.930. The van der Waals surface area contributed by atoms with Crippen molar-refractivity contribution < 1.29 is 5.11 Å². The van der Waals surface area contributed by atoms with Crippen molar-refractivity contribution in [2.45, 2.75) is 25.4 Å². The third-order valence-electron chi connectivity index (χ3n) is 3.04. The summed E-state index contributed by atoms with van der Waals surface area (Å²) in [5, 5.41) is 10.5. The van der Waals surface area contributed by atoms with E-state index in [2.05, 4.69) is 20.9 Å². The zero-order valence-corrected chi connectivity index (χ0v) is 10.4. The van der Waals surface area contributed by atoms with Gasteiger partial charge in [0.15, 0.2) is 0 Å². The largest absolute Gasteiger partial charge is 0.392 e. The third kappa shape index (κ3) is 1.74. The molecule has 0 atom stereocenters. The molecule has 1 aliphatic carbocycles. The lowest BCUT2D eigenvalue weighted by Crippen LogP contribution is -1.94. The van der Waals surface area contributed by atoms with Crippen LogP contribution in [-0.4, -0.2) is 10.1 Å². The summed E-state index contributed by atoms with van der Waals surface area (Å²) in [6.45, 7) is 0.0786. The number of nitrogens with zero attached hydrogens (tertiary/aromatic N) is 1. The Balaban J connectivity index is 2.25. The molecule has 0 bridgehead atoms. The van der Waals surface area contributed by atoms with Crippen molar-refractivity contribution in [3.63, 3.8) is 0 Å². The monoisotopic (exact) mass is 277 g/mol. The Morgan fingerprint density at radius 1 is 1.31 bits per heavy atom. The van der Waals surface area contributed by atoms with Gasteiger partial charge in [-0.2, -0.15) is 0 Å². The first kappa shape index (κ1) is 10.2. The lowest BCUT2D eigenvalue weighted by Gasteiger charge is -2.07. The molecule has 0 aliphatic heterocycles. The number of aliphatic hydroxyl groups excluding tert-OH is 1. The molecule has 0 saturated heterocycles. The number of pyridine rings is 1. The van der Waals surface area contributed by atoms with Crippen LogP contribution in [0.5, 0.6) is 0 Å². The minimum absolute atomic E-state index is 0.0786. The zero-order chi connectivity index (χ0) is 11.1. The maximum Gasteiger partial charge on any atom is 0.0709 e. The fourth-order valence-electron chi connectivity index (χ4n) is 2.01. The van der Waals surface area contributed by atoms with Crippen LogP contribution >= 0.6 is 15.9 Å². The molecule has 3 heteroatoms. The van der Waals surface area contributed by atoms with Gasteiger partial charge in [0, 0.05) is 21.5 Å². The highest BCUT2D eigenvalue weighted by molar-refractivity contribution is 9.10. The molecule has 0 spiro atoms. The van der Waals surface area contributed by atoms with Crippen molar-refractivity contribution in [2.75, 3.05) is 0 Å². The highest BCUT2D eigenvalue weighted by Crippen LogP contribution is 2.40. The van der Waals surface area contributed by atoms with E-state index in [1.54, 1.807) is 0 Å². The predicted octanol–water partition coefficient (Wildman–Crippen LogP) is 3.37. The predicted molar refractivity (Wildman–Crippen MR) is 67.3 cm³/mol. The molecule has 16 heavy (non-hydrogen) atoms. The quantitative estimate of drug-likeness (QED) is 0.913. The maximum atomic E-state index is 9.41. The Bertz CT molecular complexity index is 549. The average Bonchev–Trinajstić information content (AvgIpc) is 3.11. The van der Waals surface area contributed by atoms with Gasteiger partial charge in [0.1, 0.15) is 0 Å². The summed E-state index contributed by atoms with van der Waals surface area (Å²) in [5.74, 6) is 0.623. The van der Waals surface area contributed by atoms with Gasteiger partial charge in [-0.05, 0) is 42.7 Å². The van der Waals surface area contributed by atoms with Crippen molar-refractivity contribution in [3.8, 4) is 0 Å². The van der Waals surface area contributed by atoms with Gasteiger partial charge in [-0.25, -0.2) is 0 Å². The molecule has 3 rings (SSSR count). The lowest BCUT2D eigenvalue weighted by molar-refractivity contribution is 0.283. The number of fused-ring (bicyclic) bond motifs is 1. The minimum Gasteiger partial charge on any atom is -0.392 e. The maximum absolute atomic E-state index is 9.41. The molecule has 82 valence electrons. The van der Waals surface area contributed by atoms with E-state index in [1.807, 2.05) is 24.3 Å². The first-order valence-corrected chi connectivity index (χ1v) is 6.27. The van der Waals surface area contributed by atoms with Gasteiger partial charge in [-0.15, -0.1) is 0 Å². The summed E-state index contributed by atoms with van der Waals surface area (Å²) in [6, 6.07) is 8.06. The molecule has 1 N–H and O–H groups in total. The Labute approximate surface area is 102 Å². The smallest absolute Gasteiger partial charge is 0.0709 e. The van der Waals surface area contributed by atoms with Crippen LogP contribution in [-0.2, 0) is 6.61 Å². The van der Waals surface area contributed by atoms with E-state index in [4.69, 9.17) is 0 Å². The van der Waals surface area contributed by atoms with Gasteiger partial charge < -0.3 is 5.11 Å². The summed E-state index contributed by atoms with van der Waals surface area (Å²) < 4.78 is 1.02. The van der Waals surface area contributed by atoms with Crippen molar-refractivity contribution in [3.05, 3.63) is 40.0 Å². The summed E-state index contributed by atoms with van der Waals surface area (Å²) in [6.07, 6.45) is 2.47. The molecule has 1 fully saturated rings. The molecule has 1 aromatic heterocycles. The molecule has 0 radical (unpaired) electrons. The molecule has 1 aromatic carbocycles. The van der Waals surface area contributed by atoms with E-state index in [-0.39, 0.29) is 6.61 Å². The van der Waals surface area contributed by atoms with Gasteiger partial charge in [0.05, 0.1) is 12.1 Å². The molecule has 0 amide bonds. The van der Waals surface area contributed by atoms with Gasteiger partial charge in [0.2, 0.25) is 0 Å². The van der Waals surface area contributed by atoms with Crippen LogP contribution in [0.3, 0.4) is 0 Å². The van der Waals surface area contributed by atoms with Crippen LogP contribution in [0.4, 0.5) is 0 Å². The third-order valence-corrected chi connectivity index (χ3v) is 3.54. The van der Waals surface area contributed by atoms with Crippen LogP contribution in [0.25, 0.3) is 10.9 Å². The fraction of sp³-hybridized carbons (Fsp3) is 0.308. The lowest BCUT2D eigenvalue weighted by atomic mass is 10.1. The number of halogens is 1. The fourth-order valence-corrected chi connectivity index (χ4v) is 2.37. The standard InChI is InChI=1S/C13H12BrNO/c14-10-3-4-12-11(6-10)9(7-16)5-13(15-12)8-1-2-8/h3-6,8,16H,1-2,7H2. The summed E-state index contributed by atoms with van der Waals surface area (Å²) >= 11 is 3.45. The van der Waals surface area contributed by atoms with E-state index in [0.29, 0.717) is 5.92 Å². The molecular weight excluding hydrogens is 266 g/mol. The topological polar surface area (TPSA) is 33.1 Å². The molecule has 1 saturated carbocycles. The summed E-state index contributed by atoms with van der Waals surface area (Å²) in [4.78, 5) is 4.66. The molecule has 2 nitrogen and oxygen atoms in total. The van der Waals surface area contributed by atoms with Crippen molar-refractivity contribution in [2.24, 2.45) is 0 Å². The molecular formula is C13H12BrNO. The van der Waals surface area contributed by atoms with E-state index in [9.17, 15) is 5.11 Å². The number of aromatic nitrogens is 1. The molecule has 1 aliphatic rings. The number of hydrogen-bond acceptors (Lipinski definition) is 2. The number of rotatable bonds is 2. The van der Waals surface area contributed by atoms with Gasteiger partial charge >= 0.3 is 0 Å². The van der Waals surface area contributed by atoms with E-state index >= 15 is 0 Å². The van der Waals surface area contributed by atoms with Crippen LogP contribution in [0.1, 0.15) is 30.0 Å². The average molecular weight is 278 g/mol. The second-order valence-electron chi connectivity index (χ2n) is 4.30. The Morgan fingerprint density at radius 3 is 2.81 bits per heavy atom. The van der Waals surface area contributed by atoms with Crippen LogP contribution in [0.15, 0.2) is 28.7 Å². The minimum atomic E-state index is 0.0786. The first-order valence-electron chi connectivity index (χ1n) is 5.48. The molecule has 2 aromatic rings. The summed E-state index contributed by atoms with van der Waals surface area (Å²) in [7, 11) is 0. The van der Waals surface area contributed by atoms with E-state index in [1.165, 1.54) is 12.8 Å². The first-order chi connectivity index (χ1) is 7.78. The SMILES string of the molecule is OCc1cc(C2CC2)nc2ccc(Br)cc12. The highest BCUT2D eigenvalue weighted by Gasteiger charge is 2.25. The van der Waals surface area contributed by atoms with E-state index < -0.39 is 0 Å². The Kier molecular flexibility index (Phi) is 2.45. The van der Waals surface area contributed by atoms with Gasteiger partial charge in [0.25, 0.3) is 0 Å². The van der Waals surface area contributed by atoms with Gasteiger partial charge in [-0.3, -0.25) is 4.98 Å². The van der Waals surface area contributed by atoms with Crippen LogP contribution < -0.4 is 0 Å². The summed E-state index contributed by atoms with van der Waals surface area (Å²) in [5.41, 5.74) is 3.10. The van der Waals surface area contributed by atoms with Crippen molar-refractivity contribution in [1.82, 2.24) is 4.98 Å².